The molecule has 1 N–H and O–H groups in total. The summed E-state index contributed by atoms with van der Waals surface area (Å²) in [6.07, 6.45) is 2.71. The summed E-state index contributed by atoms with van der Waals surface area (Å²) in [5.74, 6) is -1.82. The van der Waals surface area contributed by atoms with Crippen LogP contribution >= 0.6 is 0 Å². The van der Waals surface area contributed by atoms with Gasteiger partial charge in [-0.3, -0.25) is 9.59 Å². The lowest BCUT2D eigenvalue weighted by Crippen LogP contribution is -2.14. The molecule has 1 aromatic heterocycles. The fraction of sp³-hybridized carbons (Fsp3) is 0.333. The molecule has 4 nitrogen and oxygen atoms in total. The Morgan fingerprint density at radius 3 is 2.77 bits per heavy atom. The minimum atomic E-state index is -0.961. The topological polar surface area (TPSA) is 67.5 Å². The lowest BCUT2D eigenvalue weighted by atomic mass is 10.0. The van der Waals surface area contributed by atoms with Crippen LogP contribution in [0.4, 0.5) is 0 Å². The molecule has 0 aliphatic carbocycles. The highest BCUT2D eigenvalue weighted by Gasteiger charge is 2.17. The Labute approximate surface area is 75.2 Å². The molecule has 0 fully saturated rings. The van der Waals surface area contributed by atoms with E-state index < -0.39 is 11.9 Å². The Morgan fingerprint density at radius 2 is 2.31 bits per heavy atom. The summed E-state index contributed by atoms with van der Waals surface area (Å²) in [5, 5.41) is 8.55. The van der Waals surface area contributed by atoms with Crippen molar-refractivity contribution in [1.82, 2.24) is 0 Å². The first-order valence-electron chi connectivity index (χ1n) is 3.89. The Kier molecular flexibility index (Phi) is 2.84. The maximum Gasteiger partial charge on any atom is 0.306 e. The normalized spacial score (nSPS) is 12.4. The Bertz CT molecular complexity index is 299. The van der Waals surface area contributed by atoms with Crippen molar-refractivity contribution < 1.29 is 19.1 Å². The summed E-state index contributed by atoms with van der Waals surface area (Å²) in [6, 6.07) is 1.52. The van der Waals surface area contributed by atoms with E-state index in [2.05, 4.69) is 0 Å². The van der Waals surface area contributed by atoms with Gasteiger partial charge in [0.05, 0.1) is 17.7 Å². The lowest BCUT2D eigenvalue weighted by molar-refractivity contribution is -0.141. The zero-order valence-electron chi connectivity index (χ0n) is 7.19. The fourth-order valence-corrected chi connectivity index (χ4v) is 0.906. The summed E-state index contributed by atoms with van der Waals surface area (Å²) in [6.45, 7) is 1.50. The minimum absolute atomic E-state index is 0.00880. The number of carbonyl (C=O) groups excluding carboxylic acids is 1. The quantitative estimate of drug-likeness (QED) is 0.717. The number of ketones is 1. The zero-order chi connectivity index (χ0) is 9.84. The van der Waals surface area contributed by atoms with Crippen molar-refractivity contribution in [2.24, 2.45) is 5.92 Å². The van der Waals surface area contributed by atoms with Gasteiger partial charge in [-0.25, -0.2) is 0 Å². The molecule has 0 bridgehead atoms. The highest BCUT2D eigenvalue weighted by Crippen LogP contribution is 2.10. The van der Waals surface area contributed by atoms with E-state index in [1.54, 1.807) is 0 Å². The van der Waals surface area contributed by atoms with Crippen molar-refractivity contribution in [2.45, 2.75) is 13.3 Å². The maximum atomic E-state index is 11.3. The van der Waals surface area contributed by atoms with Crippen molar-refractivity contribution in [3.63, 3.8) is 0 Å². The predicted molar refractivity (Wildman–Crippen MR) is 44.5 cm³/mol. The number of hydrogen-bond acceptors (Lipinski definition) is 3. The number of Topliss-reactive ketones (excluding diaryl/α,β-unsaturated/α-hetero) is 1. The Morgan fingerprint density at radius 1 is 1.62 bits per heavy atom. The van der Waals surface area contributed by atoms with Gasteiger partial charge in [0.25, 0.3) is 0 Å². The Balaban J connectivity index is 2.56. The molecular formula is C9H10O4. The van der Waals surface area contributed by atoms with Crippen LogP contribution in [0, 0.1) is 5.92 Å². The van der Waals surface area contributed by atoms with E-state index in [9.17, 15) is 9.59 Å². The van der Waals surface area contributed by atoms with E-state index in [1.165, 1.54) is 25.5 Å². The van der Waals surface area contributed by atoms with Gasteiger partial charge in [-0.1, -0.05) is 6.92 Å². The molecule has 0 saturated carbocycles. The molecule has 0 aromatic carbocycles. The van der Waals surface area contributed by atoms with E-state index in [-0.39, 0.29) is 12.2 Å². The second-order valence-corrected chi connectivity index (χ2v) is 2.88. The van der Waals surface area contributed by atoms with Crippen molar-refractivity contribution in [2.75, 3.05) is 0 Å². The molecule has 0 aliphatic rings. The maximum absolute atomic E-state index is 11.3. The fourth-order valence-electron chi connectivity index (χ4n) is 0.906. The minimum Gasteiger partial charge on any atom is -0.481 e. The van der Waals surface area contributed by atoms with Crippen molar-refractivity contribution >= 4 is 11.8 Å². The van der Waals surface area contributed by atoms with Gasteiger partial charge in [0.2, 0.25) is 0 Å². The van der Waals surface area contributed by atoms with Crippen LogP contribution < -0.4 is 0 Å². The number of hydrogen-bond donors (Lipinski definition) is 1. The highest BCUT2D eigenvalue weighted by atomic mass is 16.4. The summed E-state index contributed by atoms with van der Waals surface area (Å²) in [4.78, 5) is 21.7. The third kappa shape index (κ3) is 2.43. The molecule has 1 unspecified atom stereocenters. The van der Waals surface area contributed by atoms with Crippen LogP contribution in [0.25, 0.3) is 0 Å². The number of carboxylic acids is 1. The first-order chi connectivity index (χ1) is 6.11. The summed E-state index contributed by atoms with van der Waals surface area (Å²) < 4.78 is 4.71. The van der Waals surface area contributed by atoms with Crippen LogP contribution in [0.15, 0.2) is 23.0 Å². The zero-order valence-corrected chi connectivity index (χ0v) is 7.19. The lowest BCUT2D eigenvalue weighted by Gasteiger charge is -2.02. The van der Waals surface area contributed by atoms with Crippen LogP contribution in [-0.4, -0.2) is 16.9 Å². The average Bonchev–Trinajstić information content (AvgIpc) is 2.55. The van der Waals surface area contributed by atoms with Crippen LogP contribution in [0.3, 0.4) is 0 Å². The molecule has 4 heteroatoms. The molecule has 0 spiro atoms. The van der Waals surface area contributed by atoms with Gasteiger partial charge in [0.15, 0.2) is 5.78 Å². The summed E-state index contributed by atoms with van der Waals surface area (Å²) in [7, 11) is 0. The molecule has 1 atom stereocenters. The monoisotopic (exact) mass is 182 g/mol. The number of carboxylic acid groups (broad SMARTS) is 1. The summed E-state index contributed by atoms with van der Waals surface area (Å²) in [5.41, 5.74) is 0.424. The molecule has 1 heterocycles. The van der Waals surface area contributed by atoms with Gasteiger partial charge >= 0.3 is 5.97 Å². The number of carbonyl (C=O) groups is 2. The van der Waals surface area contributed by atoms with Crippen LogP contribution in [0.2, 0.25) is 0 Å². The number of rotatable bonds is 4. The van der Waals surface area contributed by atoms with Gasteiger partial charge in [-0.05, 0) is 6.07 Å². The molecule has 0 aliphatic heterocycles. The first-order valence-corrected chi connectivity index (χ1v) is 3.89. The molecule has 0 radical (unpaired) electrons. The molecule has 1 aromatic rings. The van der Waals surface area contributed by atoms with Crippen LogP contribution in [0.1, 0.15) is 23.7 Å². The third-order valence-corrected chi connectivity index (χ3v) is 1.76. The van der Waals surface area contributed by atoms with E-state index in [1.807, 2.05) is 0 Å². The van der Waals surface area contributed by atoms with Gasteiger partial charge in [-0.2, -0.15) is 0 Å². The van der Waals surface area contributed by atoms with E-state index in [0.717, 1.165) is 0 Å². The molecule has 0 saturated heterocycles. The van der Waals surface area contributed by atoms with E-state index in [0.29, 0.717) is 5.56 Å². The van der Waals surface area contributed by atoms with Gasteiger partial charge in [-0.15, -0.1) is 0 Å². The van der Waals surface area contributed by atoms with Crippen molar-refractivity contribution in [3.05, 3.63) is 24.2 Å². The van der Waals surface area contributed by atoms with Crippen LogP contribution in [-0.2, 0) is 4.79 Å². The van der Waals surface area contributed by atoms with Gasteiger partial charge in [0.1, 0.15) is 6.26 Å². The second-order valence-electron chi connectivity index (χ2n) is 2.88. The smallest absolute Gasteiger partial charge is 0.306 e. The first kappa shape index (κ1) is 9.51. The largest absolute Gasteiger partial charge is 0.481 e. The predicted octanol–water partition coefficient (Wildman–Crippen LogP) is 1.57. The number of aliphatic carboxylic acids is 1. The average molecular weight is 182 g/mol. The van der Waals surface area contributed by atoms with E-state index >= 15 is 0 Å². The molecule has 70 valence electrons. The second kappa shape index (κ2) is 3.89. The van der Waals surface area contributed by atoms with E-state index in [4.69, 9.17) is 9.52 Å². The van der Waals surface area contributed by atoms with Gasteiger partial charge < -0.3 is 9.52 Å². The van der Waals surface area contributed by atoms with Crippen molar-refractivity contribution in [1.29, 1.82) is 0 Å². The van der Waals surface area contributed by atoms with Crippen LogP contribution in [0.5, 0.6) is 0 Å². The Hall–Kier alpha value is -1.58. The highest BCUT2D eigenvalue weighted by molar-refractivity contribution is 5.97. The third-order valence-electron chi connectivity index (χ3n) is 1.76. The molecule has 1 rings (SSSR count). The van der Waals surface area contributed by atoms with Crippen molar-refractivity contribution in [3.8, 4) is 0 Å². The standard InChI is InChI=1S/C9H10O4/c1-6(9(11)12)4-8(10)7-2-3-13-5-7/h2-3,5-6H,4H2,1H3,(H,11,12). The number of furan rings is 1. The molecular weight excluding hydrogens is 172 g/mol. The molecule has 13 heavy (non-hydrogen) atoms. The SMILES string of the molecule is CC(CC(=O)c1ccoc1)C(=O)O. The molecule has 0 amide bonds. The summed E-state index contributed by atoms with van der Waals surface area (Å²) >= 11 is 0. The van der Waals surface area contributed by atoms with Gasteiger partial charge in [0, 0.05) is 6.42 Å².